The van der Waals surface area contributed by atoms with Crippen molar-refractivity contribution < 1.29 is 9.59 Å². The number of carbonyl (C=O) groups is 2. The Morgan fingerprint density at radius 2 is 2.28 bits per heavy atom. The Morgan fingerprint density at radius 1 is 1.50 bits per heavy atom. The smallest absolute Gasteiger partial charge is 0.222 e. The Labute approximate surface area is 106 Å². The molecule has 1 aromatic rings. The summed E-state index contributed by atoms with van der Waals surface area (Å²) in [6.45, 7) is 2.70. The van der Waals surface area contributed by atoms with Crippen LogP contribution in [0.25, 0.3) is 0 Å². The van der Waals surface area contributed by atoms with Gasteiger partial charge in [0.05, 0.1) is 5.92 Å². The summed E-state index contributed by atoms with van der Waals surface area (Å²) < 4.78 is 0. The van der Waals surface area contributed by atoms with Gasteiger partial charge in [0.15, 0.2) is 6.29 Å². The largest absolute Gasteiger partial charge is 0.369 e. The minimum absolute atomic E-state index is 0.117. The number of primary amides is 1. The minimum Gasteiger partial charge on any atom is -0.369 e. The highest BCUT2D eigenvalue weighted by Gasteiger charge is 2.29. The van der Waals surface area contributed by atoms with Crippen LogP contribution in [0.5, 0.6) is 0 Å². The van der Waals surface area contributed by atoms with Crippen molar-refractivity contribution in [3.8, 4) is 0 Å². The number of hydrogen-bond acceptors (Lipinski definition) is 4. The fourth-order valence-corrected chi connectivity index (χ4v) is 2.30. The number of hydrogen-bond donors (Lipinski definition) is 1. The van der Waals surface area contributed by atoms with E-state index < -0.39 is 0 Å². The second kappa shape index (κ2) is 5.16. The van der Waals surface area contributed by atoms with E-state index in [-0.39, 0.29) is 11.8 Å². The molecule has 1 aliphatic heterocycles. The average molecular weight is 247 g/mol. The van der Waals surface area contributed by atoms with E-state index in [1.165, 1.54) is 0 Å². The molecule has 96 valence electrons. The van der Waals surface area contributed by atoms with E-state index in [2.05, 4.69) is 16.8 Å². The van der Waals surface area contributed by atoms with Crippen LogP contribution in [-0.2, 0) is 4.79 Å². The lowest BCUT2D eigenvalue weighted by Gasteiger charge is -2.37. The van der Waals surface area contributed by atoms with E-state index in [9.17, 15) is 9.59 Å². The Morgan fingerprint density at radius 3 is 2.83 bits per heavy atom. The highest BCUT2D eigenvalue weighted by atomic mass is 16.1. The first-order chi connectivity index (χ1) is 8.61. The van der Waals surface area contributed by atoms with Gasteiger partial charge in [-0.25, -0.2) is 4.98 Å². The minimum atomic E-state index is -0.253. The zero-order chi connectivity index (χ0) is 13.1. The average Bonchev–Trinajstić information content (AvgIpc) is 2.39. The second-order valence-electron chi connectivity index (χ2n) is 4.75. The number of pyridine rings is 1. The normalized spacial score (nSPS) is 23.7. The third-order valence-corrected chi connectivity index (χ3v) is 3.49. The molecule has 18 heavy (non-hydrogen) atoms. The van der Waals surface area contributed by atoms with Gasteiger partial charge in [0, 0.05) is 24.3 Å². The molecule has 2 heterocycles. The molecule has 5 nitrogen and oxygen atoms in total. The molecule has 0 radical (unpaired) electrons. The summed E-state index contributed by atoms with van der Waals surface area (Å²) in [6, 6.07) is 3.87. The molecule has 2 N–H and O–H groups in total. The number of aldehydes is 1. The third-order valence-electron chi connectivity index (χ3n) is 3.49. The molecule has 0 aromatic carbocycles. The Balaban J connectivity index is 2.18. The second-order valence-corrected chi connectivity index (χ2v) is 4.75. The maximum atomic E-state index is 11.3. The number of piperidine rings is 1. The van der Waals surface area contributed by atoms with Gasteiger partial charge >= 0.3 is 0 Å². The van der Waals surface area contributed by atoms with Crippen molar-refractivity contribution in [1.82, 2.24) is 4.98 Å². The molecule has 2 atom stereocenters. The molecule has 1 saturated heterocycles. The van der Waals surface area contributed by atoms with Crippen LogP contribution in [0.1, 0.15) is 30.1 Å². The van der Waals surface area contributed by atoms with Gasteiger partial charge in [0.1, 0.15) is 5.82 Å². The number of carbonyl (C=O) groups excluding carboxylic acids is 2. The summed E-state index contributed by atoms with van der Waals surface area (Å²) in [4.78, 5) is 28.2. The van der Waals surface area contributed by atoms with E-state index in [0.717, 1.165) is 24.9 Å². The van der Waals surface area contributed by atoms with Crippen LogP contribution in [0.15, 0.2) is 18.3 Å². The molecule has 0 spiro atoms. The number of anilines is 1. The lowest BCUT2D eigenvalue weighted by atomic mass is 9.93. The monoisotopic (exact) mass is 247 g/mol. The maximum Gasteiger partial charge on any atom is 0.222 e. The molecule has 1 aromatic heterocycles. The van der Waals surface area contributed by atoms with Gasteiger partial charge in [-0.1, -0.05) is 0 Å². The zero-order valence-corrected chi connectivity index (χ0v) is 10.4. The molecule has 2 unspecified atom stereocenters. The lowest BCUT2D eigenvalue weighted by Crippen LogP contribution is -2.46. The molecular formula is C13H17N3O2. The first-order valence-corrected chi connectivity index (χ1v) is 6.09. The van der Waals surface area contributed by atoms with Gasteiger partial charge in [0.25, 0.3) is 0 Å². The van der Waals surface area contributed by atoms with E-state index in [1.54, 1.807) is 12.3 Å². The van der Waals surface area contributed by atoms with Crippen molar-refractivity contribution in [3.63, 3.8) is 0 Å². The number of aromatic nitrogens is 1. The molecule has 1 aliphatic rings. The van der Waals surface area contributed by atoms with Crippen LogP contribution < -0.4 is 10.6 Å². The van der Waals surface area contributed by atoms with E-state index in [4.69, 9.17) is 5.73 Å². The standard InChI is InChI=1S/C13H17N3O2/c1-9-2-4-11(13(14)18)7-16(9)12-5-3-10(8-17)6-15-12/h3,5-6,8-9,11H,2,4,7H2,1H3,(H2,14,18). The lowest BCUT2D eigenvalue weighted by molar-refractivity contribution is -0.122. The molecular weight excluding hydrogens is 230 g/mol. The van der Waals surface area contributed by atoms with Crippen LogP contribution in [-0.4, -0.2) is 29.8 Å². The zero-order valence-electron chi connectivity index (χ0n) is 10.4. The third kappa shape index (κ3) is 2.50. The van der Waals surface area contributed by atoms with Crippen molar-refractivity contribution >= 4 is 18.0 Å². The van der Waals surface area contributed by atoms with E-state index in [0.29, 0.717) is 18.2 Å². The summed E-state index contributed by atoms with van der Waals surface area (Å²) in [6.07, 6.45) is 4.07. The van der Waals surface area contributed by atoms with Gasteiger partial charge in [-0.3, -0.25) is 9.59 Å². The summed E-state index contributed by atoms with van der Waals surface area (Å²) in [5.41, 5.74) is 5.92. The van der Waals surface area contributed by atoms with Crippen molar-refractivity contribution in [2.24, 2.45) is 11.7 Å². The van der Waals surface area contributed by atoms with E-state index >= 15 is 0 Å². The van der Waals surface area contributed by atoms with Crippen LogP contribution in [0.2, 0.25) is 0 Å². The number of rotatable bonds is 3. The molecule has 0 aliphatic carbocycles. The number of amides is 1. The first-order valence-electron chi connectivity index (χ1n) is 6.09. The quantitative estimate of drug-likeness (QED) is 0.808. The Hall–Kier alpha value is -1.91. The van der Waals surface area contributed by atoms with Gasteiger partial charge in [-0.05, 0) is 31.9 Å². The molecule has 2 rings (SSSR count). The number of nitrogens with zero attached hydrogens (tertiary/aromatic N) is 2. The SMILES string of the molecule is CC1CCC(C(N)=O)CN1c1ccc(C=O)cn1. The Kier molecular flexibility index (Phi) is 3.60. The number of nitrogens with two attached hydrogens (primary N) is 1. The van der Waals surface area contributed by atoms with Gasteiger partial charge < -0.3 is 10.6 Å². The van der Waals surface area contributed by atoms with Crippen LogP contribution in [0.3, 0.4) is 0 Å². The van der Waals surface area contributed by atoms with Crippen LogP contribution in [0, 0.1) is 5.92 Å². The van der Waals surface area contributed by atoms with E-state index in [1.807, 2.05) is 6.07 Å². The van der Waals surface area contributed by atoms with Crippen molar-refractivity contribution in [2.45, 2.75) is 25.8 Å². The predicted molar refractivity (Wildman–Crippen MR) is 68.4 cm³/mol. The molecule has 5 heteroatoms. The molecule has 0 saturated carbocycles. The van der Waals surface area contributed by atoms with Crippen molar-refractivity contribution in [3.05, 3.63) is 23.9 Å². The Bertz CT molecular complexity index is 444. The van der Waals surface area contributed by atoms with Crippen LogP contribution >= 0.6 is 0 Å². The first kappa shape index (κ1) is 12.5. The summed E-state index contributed by atoms with van der Waals surface area (Å²) in [5.74, 6) is 0.421. The topological polar surface area (TPSA) is 76.3 Å². The van der Waals surface area contributed by atoms with Gasteiger partial charge in [-0.2, -0.15) is 0 Å². The van der Waals surface area contributed by atoms with Crippen molar-refractivity contribution in [1.29, 1.82) is 0 Å². The molecule has 1 fully saturated rings. The fourth-order valence-electron chi connectivity index (χ4n) is 2.30. The fraction of sp³-hybridized carbons (Fsp3) is 0.462. The molecule has 0 bridgehead atoms. The maximum absolute atomic E-state index is 11.3. The highest BCUT2D eigenvalue weighted by molar-refractivity contribution is 5.78. The summed E-state index contributed by atoms with van der Waals surface area (Å²) in [5, 5.41) is 0. The van der Waals surface area contributed by atoms with Gasteiger partial charge in [-0.15, -0.1) is 0 Å². The predicted octanol–water partition coefficient (Wildman–Crippen LogP) is 0.984. The van der Waals surface area contributed by atoms with Crippen molar-refractivity contribution in [2.75, 3.05) is 11.4 Å². The highest BCUT2D eigenvalue weighted by Crippen LogP contribution is 2.26. The summed E-state index contributed by atoms with van der Waals surface area (Å²) in [7, 11) is 0. The van der Waals surface area contributed by atoms with Crippen LogP contribution in [0.4, 0.5) is 5.82 Å². The van der Waals surface area contributed by atoms with Gasteiger partial charge in [0.2, 0.25) is 5.91 Å². The summed E-state index contributed by atoms with van der Waals surface area (Å²) >= 11 is 0. The molecule has 1 amide bonds.